The lowest BCUT2D eigenvalue weighted by atomic mass is 10.0. The van der Waals surface area contributed by atoms with Gasteiger partial charge in [-0.3, -0.25) is 9.59 Å². The monoisotopic (exact) mass is 452 g/mol. The van der Waals surface area contributed by atoms with Crippen molar-refractivity contribution in [3.63, 3.8) is 0 Å². The minimum atomic E-state index is -0.700. The number of likely N-dealkylation sites (tertiary alicyclic amines) is 1. The van der Waals surface area contributed by atoms with E-state index >= 15 is 0 Å². The number of hydrogen-bond donors (Lipinski definition) is 1. The van der Waals surface area contributed by atoms with Crippen molar-refractivity contribution in [3.05, 3.63) is 63.7 Å². The number of imidazole rings is 1. The van der Waals surface area contributed by atoms with Gasteiger partial charge in [0.05, 0.1) is 37.1 Å². The maximum Gasteiger partial charge on any atom is 0.295 e. The molecule has 32 heavy (non-hydrogen) atoms. The number of carbonyl (C=O) groups is 2. The van der Waals surface area contributed by atoms with Gasteiger partial charge in [0.1, 0.15) is 5.65 Å². The highest BCUT2D eigenvalue weighted by Crippen LogP contribution is 2.40. The number of aryl methyl sites for hydroxylation is 1. The van der Waals surface area contributed by atoms with E-state index in [4.69, 9.17) is 0 Å². The summed E-state index contributed by atoms with van der Waals surface area (Å²) in [7, 11) is 0. The first kappa shape index (κ1) is 22.2. The number of carbonyl (C=O) groups excluding carboxylic acids is 2. The average Bonchev–Trinajstić information content (AvgIpc) is 3.49. The fraction of sp³-hybridized carbons (Fsp3) is 0.375. The summed E-state index contributed by atoms with van der Waals surface area (Å²) in [4.78, 5) is 34.5. The van der Waals surface area contributed by atoms with Crippen LogP contribution in [0.1, 0.15) is 42.6 Å². The molecule has 0 aromatic carbocycles. The van der Waals surface area contributed by atoms with E-state index in [1.807, 2.05) is 35.7 Å². The largest absolute Gasteiger partial charge is 0.871 e. The fourth-order valence-electron chi connectivity index (χ4n) is 4.46. The van der Waals surface area contributed by atoms with Gasteiger partial charge in [0.15, 0.2) is 0 Å². The molecule has 1 unspecified atom stereocenters. The van der Waals surface area contributed by atoms with E-state index in [2.05, 4.69) is 18.8 Å². The summed E-state index contributed by atoms with van der Waals surface area (Å²) in [6.07, 6.45) is 2.53. The molecule has 1 amide bonds. The highest BCUT2D eigenvalue weighted by molar-refractivity contribution is 7.10. The van der Waals surface area contributed by atoms with E-state index in [-0.39, 0.29) is 5.57 Å². The Balaban J connectivity index is 1.77. The minimum Gasteiger partial charge on any atom is -0.871 e. The molecule has 0 radical (unpaired) electrons. The molecule has 3 aromatic rings. The molecule has 1 aliphatic heterocycles. The molecule has 4 rings (SSSR count). The molecule has 0 saturated carbocycles. The fourth-order valence-corrected chi connectivity index (χ4v) is 5.31. The van der Waals surface area contributed by atoms with Gasteiger partial charge in [-0.25, -0.2) is 4.98 Å². The van der Waals surface area contributed by atoms with E-state index in [9.17, 15) is 14.7 Å². The number of hydrogen-bond acceptors (Lipinski definition) is 5. The number of quaternary nitrogens is 1. The Kier molecular flexibility index (Phi) is 6.43. The Bertz CT molecular complexity index is 1160. The topological polar surface area (TPSA) is 82.2 Å². The standard InChI is InChI=1S/C24H28N4O3S/c1-4-26(5-2)12-9-14-28-21(17-10-8-15-32-17)19(23(30)24(28)31)22(29)20-16(3)25-18-11-6-7-13-27(18)20/h6-8,10-11,13,15,21,29H,4-5,9,12,14H2,1-3H3. The predicted octanol–water partition coefficient (Wildman–Crippen LogP) is 1.24. The SMILES string of the molecule is CC[NH+](CC)CCCN1C(=O)C(=O)C(=C([O-])c2c(C)nc3ccccn23)C1c1cccs1. The number of amides is 1. The summed E-state index contributed by atoms with van der Waals surface area (Å²) in [5.41, 5.74) is 1.55. The summed E-state index contributed by atoms with van der Waals surface area (Å²) in [6, 6.07) is 8.60. The summed E-state index contributed by atoms with van der Waals surface area (Å²) in [6.45, 7) is 9.42. The molecule has 1 saturated heterocycles. The molecular weight excluding hydrogens is 424 g/mol. The molecule has 7 nitrogen and oxygen atoms in total. The zero-order valence-electron chi connectivity index (χ0n) is 18.6. The van der Waals surface area contributed by atoms with Crippen LogP contribution in [0.15, 0.2) is 47.5 Å². The van der Waals surface area contributed by atoms with Crippen molar-refractivity contribution in [3.8, 4) is 0 Å². The van der Waals surface area contributed by atoms with Crippen LogP contribution in [0.25, 0.3) is 11.4 Å². The van der Waals surface area contributed by atoms with Crippen LogP contribution < -0.4 is 10.0 Å². The second-order valence-corrected chi connectivity index (χ2v) is 9.00. The van der Waals surface area contributed by atoms with Crippen LogP contribution in [-0.4, -0.2) is 52.2 Å². The quantitative estimate of drug-likeness (QED) is 0.317. The maximum absolute atomic E-state index is 13.7. The smallest absolute Gasteiger partial charge is 0.295 e. The third-order valence-electron chi connectivity index (χ3n) is 6.19. The molecule has 168 valence electrons. The van der Waals surface area contributed by atoms with Gasteiger partial charge in [-0.15, -0.1) is 11.3 Å². The van der Waals surface area contributed by atoms with Crippen LogP contribution >= 0.6 is 11.3 Å². The number of aromatic nitrogens is 2. The van der Waals surface area contributed by atoms with E-state index in [1.54, 1.807) is 22.4 Å². The van der Waals surface area contributed by atoms with Crippen LogP contribution in [0, 0.1) is 6.92 Å². The first-order valence-corrected chi connectivity index (χ1v) is 11.9. The van der Waals surface area contributed by atoms with Crippen molar-refractivity contribution in [1.29, 1.82) is 0 Å². The second-order valence-electron chi connectivity index (χ2n) is 8.02. The van der Waals surface area contributed by atoms with Crippen LogP contribution in [-0.2, 0) is 9.59 Å². The summed E-state index contributed by atoms with van der Waals surface area (Å²) >= 11 is 1.46. The molecule has 0 bridgehead atoms. The number of pyridine rings is 1. The lowest BCUT2D eigenvalue weighted by Crippen LogP contribution is -3.11. The van der Waals surface area contributed by atoms with E-state index in [0.29, 0.717) is 23.6 Å². The van der Waals surface area contributed by atoms with E-state index in [0.717, 1.165) is 30.9 Å². The maximum atomic E-state index is 13.7. The van der Waals surface area contributed by atoms with Gasteiger partial charge in [-0.2, -0.15) is 0 Å². The molecule has 8 heteroatoms. The third kappa shape index (κ3) is 3.84. The molecule has 1 atom stereocenters. The first-order chi connectivity index (χ1) is 15.5. The summed E-state index contributed by atoms with van der Waals surface area (Å²) in [5, 5.41) is 15.6. The molecule has 1 fully saturated rings. The van der Waals surface area contributed by atoms with Gasteiger partial charge in [0, 0.05) is 29.6 Å². The Morgan fingerprint density at radius 3 is 2.66 bits per heavy atom. The van der Waals surface area contributed by atoms with Crippen molar-refractivity contribution >= 4 is 34.4 Å². The van der Waals surface area contributed by atoms with Crippen LogP contribution in [0.4, 0.5) is 0 Å². The number of nitrogens with one attached hydrogen (secondary N) is 1. The molecule has 3 aromatic heterocycles. The zero-order valence-corrected chi connectivity index (χ0v) is 19.4. The number of Topliss-reactive ketones (excluding diaryl/α,β-unsaturated/α-hetero) is 1. The van der Waals surface area contributed by atoms with Crippen molar-refractivity contribution in [2.75, 3.05) is 26.2 Å². The van der Waals surface area contributed by atoms with Gasteiger partial charge < -0.3 is 19.3 Å². The molecular formula is C24H28N4O3S. The Labute approximate surface area is 191 Å². The number of nitrogens with zero attached hydrogens (tertiary/aromatic N) is 3. The molecule has 1 N–H and O–H groups in total. The van der Waals surface area contributed by atoms with Crippen molar-refractivity contribution in [2.45, 2.75) is 33.2 Å². The van der Waals surface area contributed by atoms with Gasteiger partial charge >= 0.3 is 0 Å². The first-order valence-electron chi connectivity index (χ1n) is 11.0. The van der Waals surface area contributed by atoms with Crippen LogP contribution in [0.3, 0.4) is 0 Å². The van der Waals surface area contributed by atoms with Crippen molar-refractivity contribution in [1.82, 2.24) is 14.3 Å². The average molecular weight is 453 g/mol. The molecule has 0 aliphatic carbocycles. The molecule has 4 heterocycles. The van der Waals surface area contributed by atoms with Gasteiger partial charge in [-0.05, 0) is 44.4 Å². The lowest BCUT2D eigenvalue weighted by molar-refractivity contribution is -0.896. The second kappa shape index (κ2) is 9.26. The number of thiophene rings is 1. The van der Waals surface area contributed by atoms with Gasteiger partial charge in [-0.1, -0.05) is 17.9 Å². The molecule has 0 spiro atoms. The van der Waals surface area contributed by atoms with Gasteiger partial charge in [0.25, 0.3) is 5.91 Å². The number of ketones is 1. The Morgan fingerprint density at radius 1 is 1.19 bits per heavy atom. The van der Waals surface area contributed by atoms with E-state index in [1.165, 1.54) is 16.2 Å². The predicted molar refractivity (Wildman–Crippen MR) is 122 cm³/mol. The van der Waals surface area contributed by atoms with Gasteiger partial charge in [0.2, 0.25) is 5.78 Å². The normalized spacial score (nSPS) is 18.4. The molecule has 1 aliphatic rings. The van der Waals surface area contributed by atoms with Crippen LogP contribution in [0.5, 0.6) is 0 Å². The van der Waals surface area contributed by atoms with Crippen molar-refractivity contribution in [2.24, 2.45) is 0 Å². The summed E-state index contributed by atoms with van der Waals surface area (Å²) < 4.78 is 1.69. The summed E-state index contributed by atoms with van der Waals surface area (Å²) in [5.74, 6) is -1.71. The zero-order chi connectivity index (χ0) is 22.8. The number of fused-ring (bicyclic) bond motifs is 1. The van der Waals surface area contributed by atoms with Crippen molar-refractivity contribution < 1.29 is 19.6 Å². The van der Waals surface area contributed by atoms with E-state index < -0.39 is 23.5 Å². The Morgan fingerprint density at radius 2 is 1.97 bits per heavy atom. The minimum absolute atomic E-state index is 0.0291. The Hall–Kier alpha value is -2.97. The highest BCUT2D eigenvalue weighted by Gasteiger charge is 2.44. The third-order valence-corrected chi connectivity index (χ3v) is 7.12. The highest BCUT2D eigenvalue weighted by atomic mass is 32.1. The lowest BCUT2D eigenvalue weighted by Gasteiger charge is -2.27. The van der Waals surface area contributed by atoms with Crippen LogP contribution in [0.2, 0.25) is 0 Å². The number of rotatable bonds is 8.